The number of benzene rings is 1. The van der Waals surface area contributed by atoms with Crippen molar-refractivity contribution in [1.82, 2.24) is 24.4 Å². The molecule has 4 aromatic rings. The number of aryl methyl sites for hydroxylation is 1. The molecule has 3 heterocycles. The molecule has 0 saturated carbocycles. The van der Waals surface area contributed by atoms with Crippen LogP contribution in [-0.2, 0) is 13.6 Å². The second kappa shape index (κ2) is 7.67. The Morgan fingerprint density at radius 2 is 1.97 bits per heavy atom. The minimum atomic E-state index is -0.437. The van der Waals surface area contributed by atoms with Gasteiger partial charge >= 0.3 is 0 Å². The van der Waals surface area contributed by atoms with Crippen LogP contribution < -0.4 is 10.6 Å². The van der Waals surface area contributed by atoms with E-state index >= 15 is 0 Å². The monoisotopic (exact) mass is 419 g/mol. The molecule has 3 aromatic heterocycles. The molecule has 0 radical (unpaired) electrons. The van der Waals surface area contributed by atoms with Gasteiger partial charge in [-0.15, -0.1) is 0 Å². The van der Waals surface area contributed by atoms with Crippen LogP contribution in [0.2, 0.25) is 0 Å². The van der Waals surface area contributed by atoms with E-state index in [1.807, 2.05) is 30.8 Å². The van der Waals surface area contributed by atoms with E-state index in [0.29, 0.717) is 24.5 Å². The second-order valence-electron chi connectivity index (χ2n) is 8.70. The largest absolute Gasteiger partial charge is 0.371 e. The van der Waals surface area contributed by atoms with Crippen molar-refractivity contribution in [3.63, 3.8) is 0 Å². The first-order chi connectivity index (χ1) is 14.7. The van der Waals surface area contributed by atoms with Crippen molar-refractivity contribution in [2.45, 2.75) is 32.9 Å². The van der Waals surface area contributed by atoms with E-state index in [1.165, 1.54) is 12.1 Å². The van der Waals surface area contributed by atoms with E-state index in [1.54, 1.807) is 12.4 Å². The highest BCUT2D eigenvalue weighted by molar-refractivity contribution is 6.07. The van der Waals surface area contributed by atoms with Crippen LogP contribution in [0.4, 0.5) is 10.2 Å². The highest BCUT2D eigenvalue weighted by atomic mass is 19.1. The summed E-state index contributed by atoms with van der Waals surface area (Å²) in [4.78, 5) is 9.35. The molecule has 0 spiro atoms. The van der Waals surface area contributed by atoms with Gasteiger partial charge in [-0.1, -0.05) is 0 Å². The van der Waals surface area contributed by atoms with Gasteiger partial charge < -0.3 is 19.8 Å². The van der Waals surface area contributed by atoms with E-state index in [9.17, 15) is 9.65 Å². The third-order valence-electron chi connectivity index (χ3n) is 5.25. The fourth-order valence-corrected chi connectivity index (χ4v) is 3.90. The zero-order valence-electron chi connectivity index (χ0n) is 18.4. The molecule has 0 unspecified atom stereocenters. The van der Waals surface area contributed by atoms with Crippen molar-refractivity contribution in [3.05, 3.63) is 42.0 Å². The number of nitrogens with one attached hydrogen (secondary N) is 2. The lowest BCUT2D eigenvalue weighted by Crippen LogP contribution is -2.37. The van der Waals surface area contributed by atoms with Crippen LogP contribution in [-0.4, -0.2) is 38.2 Å². The molecule has 0 aliphatic heterocycles. The Hall–Kier alpha value is -3.44. The number of fused-ring (bicyclic) bond motifs is 3. The molecule has 7 nitrogen and oxygen atoms in total. The molecule has 4 rings (SSSR count). The van der Waals surface area contributed by atoms with Gasteiger partial charge in [-0.05, 0) is 45.0 Å². The number of hydrogen-bond acceptors (Lipinski definition) is 5. The maximum Gasteiger partial charge on any atom is 0.156 e. The van der Waals surface area contributed by atoms with Gasteiger partial charge in [-0.25, -0.2) is 14.4 Å². The normalized spacial score (nSPS) is 11.9. The number of halogens is 1. The standard InChI is InChI=1S/C23H26FN7/c1-23(2,3)28-6-7-31-18(15-8-14(12-25)9-16(24)10-15)11-17-20-19(27-13-30(20)5)21(26-4)29-22(17)31/h8-11,13,28H,6-7H2,1-5H3,(H,26,29). The predicted molar refractivity (Wildman–Crippen MR) is 121 cm³/mol. The average Bonchev–Trinajstić information content (AvgIpc) is 3.27. The van der Waals surface area contributed by atoms with Crippen LogP contribution >= 0.6 is 0 Å². The number of rotatable bonds is 5. The first-order valence-electron chi connectivity index (χ1n) is 10.2. The third-order valence-corrected chi connectivity index (χ3v) is 5.25. The van der Waals surface area contributed by atoms with Crippen molar-refractivity contribution in [2.24, 2.45) is 7.05 Å². The SMILES string of the molecule is CNc1nc2c(cc(-c3cc(F)cc(C#N)c3)n2CCNC(C)(C)C)c2c1ncn2C. The van der Waals surface area contributed by atoms with E-state index in [-0.39, 0.29) is 11.1 Å². The molecule has 0 aliphatic rings. The van der Waals surface area contributed by atoms with Crippen LogP contribution in [0.25, 0.3) is 33.3 Å². The molecule has 2 N–H and O–H groups in total. The van der Waals surface area contributed by atoms with Crippen LogP contribution in [0.3, 0.4) is 0 Å². The van der Waals surface area contributed by atoms with E-state index in [2.05, 4.69) is 41.0 Å². The second-order valence-corrected chi connectivity index (χ2v) is 8.70. The average molecular weight is 420 g/mol. The number of aromatic nitrogens is 4. The summed E-state index contributed by atoms with van der Waals surface area (Å²) in [6.07, 6.45) is 1.76. The molecule has 1 aromatic carbocycles. The number of nitriles is 1. The maximum absolute atomic E-state index is 14.3. The summed E-state index contributed by atoms with van der Waals surface area (Å²) in [6, 6.07) is 8.48. The number of pyridine rings is 1. The number of nitrogens with zero attached hydrogens (tertiary/aromatic N) is 5. The molecule has 31 heavy (non-hydrogen) atoms. The maximum atomic E-state index is 14.3. The Labute approximate surface area is 180 Å². The summed E-state index contributed by atoms with van der Waals surface area (Å²) in [6.45, 7) is 7.69. The van der Waals surface area contributed by atoms with Crippen LogP contribution in [0.15, 0.2) is 30.6 Å². The molecule has 0 saturated heterocycles. The molecule has 0 amide bonds. The molecule has 0 atom stereocenters. The van der Waals surface area contributed by atoms with Gasteiger partial charge in [-0.2, -0.15) is 5.26 Å². The summed E-state index contributed by atoms with van der Waals surface area (Å²) >= 11 is 0. The van der Waals surface area contributed by atoms with Gasteiger partial charge in [0.1, 0.15) is 17.0 Å². The Morgan fingerprint density at radius 3 is 2.65 bits per heavy atom. The topological polar surface area (TPSA) is 83.5 Å². The Morgan fingerprint density at radius 1 is 1.19 bits per heavy atom. The number of imidazole rings is 1. The van der Waals surface area contributed by atoms with Gasteiger partial charge in [-0.3, -0.25) is 0 Å². The van der Waals surface area contributed by atoms with Crippen molar-refractivity contribution in [1.29, 1.82) is 5.26 Å². The van der Waals surface area contributed by atoms with Crippen molar-refractivity contribution < 1.29 is 4.39 Å². The summed E-state index contributed by atoms with van der Waals surface area (Å²) in [5.41, 5.74) is 4.23. The molecule has 8 heteroatoms. The Balaban J connectivity index is 1.99. The lowest BCUT2D eigenvalue weighted by Gasteiger charge is -2.21. The number of anilines is 1. The van der Waals surface area contributed by atoms with Crippen LogP contribution in [0.1, 0.15) is 26.3 Å². The molecule has 0 fully saturated rings. The van der Waals surface area contributed by atoms with Gasteiger partial charge in [0.2, 0.25) is 0 Å². The zero-order chi connectivity index (χ0) is 22.3. The molecule has 0 bridgehead atoms. The third kappa shape index (κ3) is 3.84. The van der Waals surface area contributed by atoms with Crippen molar-refractivity contribution >= 4 is 27.9 Å². The highest BCUT2D eigenvalue weighted by Crippen LogP contribution is 2.34. The summed E-state index contributed by atoms with van der Waals surface area (Å²) in [5, 5.41) is 16.9. The molecular weight excluding hydrogens is 393 g/mol. The quantitative estimate of drug-likeness (QED) is 0.510. The number of hydrogen-bond donors (Lipinski definition) is 2. The van der Waals surface area contributed by atoms with Crippen LogP contribution in [0.5, 0.6) is 0 Å². The van der Waals surface area contributed by atoms with Crippen molar-refractivity contribution in [2.75, 3.05) is 18.9 Å². The highest BCUT2D eigenvalue weighted by Gasteiger charge is 2.20. The zero-order valence-corrected chi connectivity index (χ0v) is 18.4. The van der Waals surface area contributed by atoms with Gasteiger partial charge in [0.25, 0.3) is 0 Å². The smallest absolute Gasteiger partial charge is 0.156 e. The first-order valence-corrected chi connectivity index (χ1v) is 10.2. The Bertz CT molecular complexity index is 1320. The fraction of sp³-hybridized carbons (Fsp3) is 0.348. The molecular formula is C23H26FN7. The summed E-state index contributed by atoms with van der Waals surface area (Å²) < 4.78 is 18.3. The van der Waals surface area contributed by atoms with Crippen LogP contribution in [0, 0.1) is 17.1 Å². The van der Waals surface area contributed by atoms with E-state index in [4.69, 9.17) is 4.98 Å². The van der Waals surface area contributed by atoms with Gasteiger partial charge in [0, 0.05) is 43.7 Å². The first kappa shape index (κ1) is 20.8. The van der Waals surface area contributed by atoms with E-state index in [0.717, 1.165) is 27.8 Å². The lowest BCUT2D eigenvalue weighted by atomic mass is 10.1. The van der Waals surface area contributed by atoms with Crippen molar-refractivity contribution in [3.8, 4) is 17.3 Å². The molecule has 0 aliphatic carbocycles. The predicted octanol–water partition coefficient (Wildman–Crippen LogP) is 4.03. The van der Waals surface area contributed by atoms with Gasteiger partial charge in [0.05, 0.1) is 29.2 Å². The molecule has 160 valence electrons. The van der Waals surface area contributed by atoms with E-state index < -0.39 is 5.82 Å². The lowest BCUT2D eigenvalue weighted by molar-refractivity contribution is 0.414. The fourth-order valence-electron chi connectivity index (χ4n) is 3.90. The summed E-state index contributed by atoms with van der Waals surface area (Å²) in [5.74, 6) is 0.253. The minimum Gasteiger partial charge on any atom is -0.371 e. The van der Waals surface area contributed by atoms with Gasteiger partial charge in [0.15, 0.2) is 5.82 Å². The Kier molecular flexibility index (Phi) is 5.15. The minimum absolute atomic E-state index is 0.0329. The summed E-state index contributed by atoms with van der Waals surface area (Å²) in [7, 11) is 3.77.